The van der Waals surface area contributed by atoms with Crippen LogP contribution >= 0.6 is 0 Å². The smallest absolute Gasteiger partial charge is 0.264 e. The maximum Gasteiger partial charge on any atom is 0.264 e. The molecule has 0 saturated carbocycles. The summed E-state index contributed by atoms with van der Waals surface area (Å²) in [4.78, 5) is 22.0. The number of hydrogen-bond donors (Lipinski definition) is 1. The lowest BCUT2D eigenvalue weighted by Gasteiger charge is -2.20. The van der Waals surface area contributed by atoms with Crippen LogP contribution in [0.25, 0.3) is 0 Å². The molecule has 2 heterocycles. The Labute approximate surface area is 472 Å². The highest BCUT2D eigenvalue weighted by atomic mass is 32.2. The molecule has 2 saturated heterocycles. The molecule has 0 aromatic heterocycles. The highest BCUT2D eigenvalue weighted by molar-refractivity contribution is 7.91. The molecule has 81 heavy (non-hydrogen) atoms. The fourth-order valence-corrected chi connectivity index (χ4v) is 11.4. The topological polar surface area (TPSA) is 277 Å². The van der Waals surface area contributed by atoms with Gasteiger partial charge in [-0.25, -0.2) is 16.8 Å². The van der Waals surface area contributed by atoms with Gasteiger partial charge >= 0.3 is 0 Å². The number of carbonyl (C=O) groups excluding carboxylic acids is 2. The fourth-order valence-electron chi connectivity index (χ4n) is 9.32. The summed E-state index contributed by atoms with van der Waals surface area (Å²) in [6.07, 6.45) is 4.49. The first-order valence-corrected chi connectivity index (χ1v) is 30.7. The normalized spacial score (nSPS) is 17.6. The monoisotopic (exact) mass is 1190 g/mol. The Hall–Kier alpha value is -6.87. The zero-order valence-electron chi connectivity index (χ0n) is 46.8. The van der Waals surface area contributed by atoms with Crippen molar-refractivity contribution in [2.24, 2.45) is 0 Å². The molecule has 0 radical (unpaired) electrons. The average Bonchev–Trinajstić information content (AvgIpc) is 4.43. The largest absolute Gasteiger partial charge is 0.493 e. The van der Waals surface area contributed by atoms with Crippen LogP contribution in [0.15, 0.2) is 82.6 Å². The second kappa shape index (κ2) is 27.7. The lowest BCUT2D eigenvalue weighted by molar-refractivity contribution is 0.0434. The van der Waals surface area contributed by atoms with Gasteiger partial charge in [0.2, 0.25) is 11.5 Å². The van der Waals surface area contributed by atoms with Gasteiger partial charge in [-0.3, -0.25) is 13.8 Å². The number of fused-ring (bicyclic) bond motifs is 1. The molecule has 2 aliphatic heterocycles. The van der Waals surface area contributed by atoms with Gasteiger partial charge in [-0.2, -0.15) is 8.42 Å². The number of ketones is 2. The summed E-state index contributed by atoms with van der Waals surface area (Å²) < 4.78 is 144. The van der Waals surface area contributed by atoms with E-state index < -0.39 is 35.9 Å². The lowest BCUT2D eigenvalue weighted by atomic mass is 10.0. The summed E-state index contributed by atoms with van der Waals surface area (Å²) in [6, 6.07) is 20.7. The molecule has 5 aromatic carbocycles. The van der Waals surface area contributed by atoms with Crippen LogP contribution < -0.4 is 47.4 Å². The molecular formula is C56H68O22S3. The third-order valence-corrected chi connectivity index (χ3v) is 15.8. The Morgan fingerprint density at radius 3 is 1.04 bits per heavy atom. The Morgan fingerprint density at radius 1 is 0.444 bits per heavy atom. The SMILES string of the molecule is COc1cc([C@@H]2CC[C@@H](c3cc(OC)c(OCCO)c(S(C)(=O)=O)c3)O2)cc(OC)c1OC.COc1cc([C@@H]2CC[C@@H](c3cc(OC)c(OCCOS(C)(=O)=O)c(S(C)(=O)=O)c3)O2)cc(OC)c1OC.O=C1CC(=O)c2ccccc21. The molecule has 1 N–H and O–H groups in total. The van der Waals surface area contributed by atoms with Crippen LogP contribution in [0.4, 0.5) is 0 Å². The Kier molecular flexibility index (Phi) is 21.7. The lowest BCUT2D eigenvalue weighted by Crippen LogP contribution is -2.14. The standard InChI is InChI=1S/C24H32O11S2.C23H30O9S.C9H6O2/c1-29-19-11-15(12-20(30-2)23(19)32-4)17-7-8-18(35-17)16-13-21(31-3)24(22(14-16)36(5,25)26)33-9-10-34-37(6,27)28;1-27-18-10-14(11-19(28-2)22(18)30-4)16-6-7-17(32-16)15-12-20(29-3)23(31-9-8-24)21(13-15)33(5,25)26;10-8-5-9(11)7-4-2-1-3-6(7)8/h11-14,17-18H,7-10H2,1-6H3;10-13,16-17,24H,6-9H2,1-5H3;1-4H,5H2/t17-,18-;16-,17-;/m00./s1. The third-order valence-electron chi connectivity index (χ3n) is 13.0. The van der Waals surface area contributed by atoms with E-state index in [4.69, 9.17) is 61.9 Å². The van der Waals surface area contributed by atoms with Crippen molar-refractivity contribution < 1.29 is 101 Å². The molecule has 1 aliphatic carbocycles. The molecule has 0 amide bonds. The van der Waals surface area contributed by atoms with E-state index in [-0.39, 0.29) is 95.5 Å². The van der Waals surface area contributed by atoms with E-state index in [1.54, 1.807) is 63.8 Å². The number of benzene rings is 5. The predicted molar refractivity (Wildman–Crippen MR) is 295 cm³/mol. The van der Waals surface area contributed by atoms with E-state index in [2.05, 4.69) is 4.18 Å². The van der Waals surface area contributed by atoms with Crippen molar-refractivity contribution in [2.45, 2.75) is 66.3 Å². The summed E-state index contributed by atoms with van der Waals surface area (Å²) in [5.74, 6) is 3.45. The van der Waals surface area contributed by atoms with Crippen molar-refractivity contribution in [1.82, 2.24) is 0 Å². The molecule has 0 bridgehead atoms. The molecule has 3 aliphatic rings. The van der Waals surface area contributed by atoms with Crippen molar-refractivity contribution >= 4 is 41.4 Å². The van der Waals surface area contributed by atoms with Gasteiger partial charge in [-0.15, -0.1) is 0 Å². The van der Waals surface area contributed by atoms with Gasteiger partial charge in [0.1, 0.15) is 29.6 Å². The van der Waals surface area contributed by atoms with Crippen molar-refractivity contribution in [1.29, 1.82) is 0 Å². The third kappa shape index (κ3) is 15.6. The zero-order valence-corrected chi connectivity index (χ0v) is 49.3. The maximum absolute atomic E-state index is 12.6. The first-order valence-electron chi connectivity index (χ1n) is 25.1. The summed E-state index contributed by atoms with van der Waals surface area (Å²) in [7, 11) is 1.05. The molecular weight excluding hydrogens is 1120 g/mol. The predicted octanol–water partition coefficient (Wildman–Crippen LogP) is 7.62. The minimum atomic E-state index is -3.74. The van der Waals surface area contributed by atoms with E-state index in [1.807, 2.05) is 24.3 Å². The summed E-state index contributed by atoms with van der Waals surface area (Å²) in [5.41, 5.74) is 4.13. The minimum absolute atomic E-state index is 0.00913. The van der Waals surface area contributed by atoms with Crippen LogP contribution in [0, 0.1) is 0 Å². The summed E-state index contributed by atoms with van der Waals surface area (Å²) in [6.45, 7) is -0.790. The molecule has 22 nitrogen and oxygen atoms in total. The van der Waals surface area contributed by atoms with Gasteiger partial charge < -0.3 is 61.9 Å². The number of hydrogen-bond acceptors (Lipinski definition) is 22. The van der Waals surface area contributed by atoms with Crippen molar-refractivity contribution in [3.05, 3.63) is 106 Å². The number of aliphatic hydroxyl groups excluding tert-OH is 1. The molecule has 25 heteroatoms. The Bertz CT molecular complexity index is 3310. The van der Waals surface area contributed by atoms with Crippen LogP contribution in [0.3, 0.4) is 0 Å². The van der Waals surface area contributed by atoms with Crippen molar-refractivity contribution in [3.63, 3.8) is 0 Å². The second-order valence-electron chi connectivity index (χ2n) is 18.5. The first kappa shape index (κ1) is 63.3. The number of sulfone groups is 2. The quantitative estimate of drug-likeness (QED) is 0.0396. The first-order chi connectivity index (χ1) is 38.5. The number of methoxy groups -OCH3 is 8. The fraction of sp³-hybridized carbons (Fsp3) is 0.429. The van der Waals surface area contributed by atoms with E-state index in [1.165, 1.54) is 41.6 Å². The second-order valence-corrected chi connectivity index (χ2v) is 24.1. The molecule has 5 aromatic rings. The van der Waals surface area contributed by atoms with Gasteiger partial charge in [0, 0.05) is 23.6 Å². The van der Waals surface area contributed by atoms with Crippen LogP contribution in [0.5, 0.6) is 57.5 Å². The van der Waals surface area contributed by atoms with E-state index in [9.17, 15) is 34.8 Å². The van der Waals surface area contributed by atoms with Crippen molar-refractivity contribution in [3.8, 4) is 57.5 Å². The number of aliphatic hydroxyl groups is 1. The van der Waals surface area contributed by atoms with Gasteiger partial charge in [0.25, 0.3) is 10.1 Å². The molecule has 4 atom stereocenters. The van der Waals surface area contributed by atoms with Crippen LogP contribution in [0.2, 0.25) is 0 Å². The number of rotatable bonds is 22. The highest BCUT2D eigenvalue weighted by Gasteiger charge is 2.34. The number of carbonyl (C=O) groups is 2. The van der Waals surface area contributed by atoms with E-state index in [0.717, 1.165) is 29.9 Å². The van der Waals surface area contributed by atoms with Crippen LogP contribution in [-0.4, -0.2) is 144 Å². The molecule has 442 valence electrons. The van der Waals surface area contributed by atoms with Crippen molar-refractivity contribution in [2.75, 3.05) is 102 Å². The van der Waals surface area contributed by atoms with Gasteiger partial charge in [0.15, 0.2) is 77.2 Å². The molecule has 2 fully saturated rings. The van der Waals surface area contributed by atoms with Gasteiger partial charge in [0.05, 0.1) is 101 Å². The molecule has 8 rings (SSSR count). The average molecular weight is 1190 g/mol. The molecule has 0 spiro atoms. The van der Waals surface area contributed by atoms with Gasteiger partial charge in [-0.1, -0.05) is 24.3 Å². The molecule has 0 unspecified atom stereocenters. The van der Waals surface area contributed by atoms with Gasteiger partial charge in [-0.05, 0) is 96.5 Å². The summed E-state index contributed by atoms with van der Waals surface area (Å²) in [5, 5.41) is 9.10. The summed E-state index contributed by atoms with van der Waals surface area (Å²) >= 11 is 0. The Morgan fingerprint density at radius 2 is 0.753 bits per heavy atom. The van der Waals surface area contributed by atoms with Crippen LogP contribution in [0.1, 0.15) is 99.5 Å². The van der Waals surface area contributed by atoms with E-state index >= 15 is 0 Å². The van der Waals surface area contributed by atoms with E-state index in [0.29, 0.717) is 82.4 Å². The maximum atomic E-state index is 12.6. The number of ether oxygens (including phenoxy) is 12. The highest BCUT2D eigenvalue weighted by Crippen LogP contribution is 2.50. The van der Waals surface area contributed by atoms with Crippen LogP contribution in [-0.2, 0) is 43.4 Å². The zero-order chi connectivity index (χ0) is 59.4. The number of Topliss-reactive ketones (excluding diaryl/α,β-unsaturated/α-hetero) is 2. The minimum Gasteiger partial charge on any atom is -0.493 e. The Balaban J connectivity index is 0.000000220.